The molecular weight excluding hydrogens is 525 g/mol. The summed E-state index contributed by atoms with van der Waals surface area (Å²) < 4.78 is 53.3. The Morgan fingerprint density at radius 2 is 1.88 bits per heavy atom. The Balaban J connectivity index is 1.85. The Bertz CT molecular complexity index is 1280. The van der Waals surface area contributed by atoms with Gasteiger partial charge in [-0.3, -0.25) is 9.09 Å². The number of nitrogens with two attached hydrogens (primary N) is 2. The van der Waals surface area contributed by atoms with E-state index in [1.54, 1.807) is 0 Å². The maximum absolute atomic E-state index is 12.1. The van der Waals surface area contributed by atoms with Gasteiger partial charge in [-0.1, -0.05) is 5.92 Å². The molecule has 3 rings (SSSR count). The van der Waals surface area contributed by atoms with Crippen molar-refractivity contribution in [2.24, 2.45) is 5.73 Å². The van der Waals surface area contributed by atoms with Crippen molar-refractivity contribution >= 4 is 40.6 Å². The second-order valence-corrected chi connectivity index (χ2v) is 11.3. The van der Waals surface area contributed by atoms with E-state index in [0.29, 0.717) is 0 Å². The van der Waals surface area contributed by atoms with Crippen molar-refractivity contribution in [3.8, 4) is 12.3 Å². The van der Waals surface area contributed by atoms with Crippen LogP contribution in [0.4, 0.5) is 5.95 Å². The number of phosphoric acid groups is 3. The normalized spacial score (nSPS) is 29.9. The number of terminal acetylenes is 1. The molecule has 0 radical (unpaired) electrons. The predicted molar refractivity (Wildman–Crippen MR) is 110 cm³/mol. The molecule has 0 spiro atoms. The molecule has 0 saturated carbocycles. The molecule has 188 valence electrons. The summed E-state index contributed by atoms with van der Waals surface area (Å²) in [6, 6.07) is 0. The number of phosphoric ester groups is 1. The standard InChI is InChI=1S/C13H19N6O12P3/c1-3-13(15)9(20)8(6(2)29-33(24,25)31-34(26,27)30-32(21,22)23)28-11(13)19-5-17-7-4-16-12(14)18-10(7)19/h1,4-6,8-9,11,20H,15H2,2H3,(H,24,25)(H,26,27)(H2,14,16,18)(H2,21,22,23)/t6-,8+,9-,11+,13?/m0/s1. The number of fused-ring (bicyclic) bond motifs is 1. The van der Waals surface area contributed by atoms with Crippen LogP contribution in [0.5, 0.6) is 0 Å². The number of ether oxygens (including phenoxy) is 1. The van der Waals surface area contributed by atoms with Crippen molar-refractivity contribution in [1.29, 1.82) is 0 Å². The minimum absolute atomic E-state index is 0.117. The zero-order valence-electron chi connectivity index (χ0n) is 16.9. The van der Waals surface area contributed by atoms with Gasteiger partial charge in [-0.05, 0) is 6.92 Å². The molecule has 3 heterocycles. The first-order chi connectivity index (χ1) is 15.5. The largest absolute Gasteiger partial charge is 0.490 e. The maximum atomic E-state index is 12.1. The molecule has 1 aliphatic heterocycles. The predicted octanol–water partition coefficient (Wildman–Crippen LogP) is -1.27. The van der Waals surface area contributed by atoms with Crippen molar-refractivity contribution in [2.75, 3.05) is 5.73 Å². The van der Waals surface area contributed by atoms with Gasteiger partial charge in [-0.15, -0.1) is 6.42 Å². The summed E-state index contributed by atoms with van der Waals surface area (Å²) in [5.74, 6) is 2.07. The van der Waals surface area contributed by atoms with Gasteiger partial charge in [0, 0.05) is 0 Å². The molecule has 1 fully saturated rings. The second kappa shape index (κ2) is 9.01. The summed E-state index contributed by atoms with van der Waals surface area (Å²) in [6.45, 7) is 1.09. The minimum Gasteiger partial charge on any atom is -0.387 e. The molecule has 34 heavy (non-hydrogen) atoms. The van der Waals surface area contributed by atoms with Crippen LogP contribution in [0.25, 0.3) is 11.2 Å². The summed E-state index contributed by atoms with van der Waals surface area (Å²) in [6.07, 6.45) is 1.82. The highest BCUT2D eigenvalue weighted by molar-refractivity contribution is 7.66. The van der Waals surface area contributed by atoms with Crippen molar-refractivity contribution in [3.63, 3.8) is 0 Å². The topological polar surface area (TPSA) is 285 Å². The van der Waals surface area contributed by atoms with E-state index in [1.165, 1.54) is 17.1 Å². The zero-order chi connectivity index (χ0) is 25.7. The lowest BCUT2D eigenvalue weighted by atomic mass is 9.90. The lowest BCUT2D eigenvalue weighted by Crippen LogP contribution is -2.54. The van der Waals surface area contributed by atoms with Crippen LogP contribution in [-0.2, 0) is 31.6 Å². The summed E-state index contributed by atoms with van der Waals surface area (Å²) in [5.41, 5.74) is 10.2. The Morgan fingerprint density at radius 1 is 1.24 bits per heavy atom. The van der Waals surface area contributed by atoms with Crippen molar-refractivity contribution in [3.05, 3.63) is 12.5 Å². The molecule has 1 aliphatic rings. The highest BCUT2D eigenvalue weighted by Gasteiger charge is 2.57. The fraction of sp³-hybridized carbons (Fsp3) is 0.462. The number of nitrogen functional groups attached to an aromatic ring is 1. The molecule has 3 unspecified atom stereocenters. The second-order valence-electron chi connectivity index (χ2n) is 6.97. The number of nitrogens with zero attached hydrogens (tertiary/aromatic N) is 4. The van der Waals surface area contributed by atoms with E-state index in [-0.39, 0.29) is 17.1 Å². The summed E-state index contributed by atoms with van der Waals surface area (Å²) >= 11 is 0. The quantitative estimate of drug-likeness (QED) is 0.151. The van der Waals surface area contributed by atoms with E-state index < -0.39 is 53.5 Å². The summed E-state index contributed by atoms with van der Waals surface area (Å²) in [7, 11) is -16.9. The highest BCUT2D eigenvalue weighted by Crippen LogP contribution is 2.66. The molecule has 7 atom stereocenters. The molecule has 21 heteroatoms. The van der Waals surface area contributed by atoms with Crippen LogP contribution in [0.15, 0.2) is 12.5 Å². The van der Waals surface area contributed by atoms with Gasteiger partial charge in [-0.2, -0.15) is 13.6 Å². The average molecular weight is 544 g/mol. The molecule has 2 aromatic heterocycles. The van der Waals surface area contributed by atoms with Crippen molar-refractivity contribution in [2.45, 2.75) is 37.0 Å². The number of aromatic nitrogens is 4. The highest BCUT2D eigenvalue weighted by atomic mass is 31.3. The van der Waals surface area contributed by atoms with Crippen LogP contribution in [0.2, 0.25) is 0 Å². The van der Waals surface area contributed by atoms with Crippen LogP contribution >= 0.6 is 23.5 Å². The van der Waals surface area contributed by atoms with E-state index in [0.717, 1.165) is 6.92 Å². The molecule has 0 aliphatic carbocycles. The Morgan fingerprint density at radius 3 is 2.47 bits per heavy atom. The number of imidazole rings is 1. The van der Waals surface area contributed by atoms with Gasteiger partial charge in [-0.25, -0.2) is 23.7 Å². The Kier molecular flexibility index (Phi) is 7.10. The lowest BCUT2D eigenvalue weighted by molar-refractivity contribution is -0.0733. The number of aliphatic hydroxyl groups is 1. The van der Waals surface area contributed by atoms with Gasteiger partial charge in [0.25, 0.3) is 0 Å². The van der Waals surface area contributed by atoms with Crippen molar-refractivity contribution < 1.29 is 56.3 Å². The van der Waals surface area contributed by atoms with Gasteiger partial charge < -0.3 is 40.9 Å². The monoisotopic (exact) mass is 544 g/mol. The molecule has 9 N–H and O–H groups in total. The number of rotatable bonds is 8. The lowest BCUT2D eigenvalue weighted by Gasteiger charge is -2.28. The third-order valence-electron chi connectivity index (χ3n) is 4.51. The van der Waals surface area contributed by atoms with Gasteiger partial charge in [0.15, 0.2) is 17.4 Å². The molecule has 0 aromatic carbocycles. The Labute approximate surface area is 190 Å². The van der Waals surface area contributed by atoms with Crippen LogP contribution in [0, 0.1) is 12.3 Å². The number of anilines is 1. The van der Waals surface area contributed by atoms with E-state index >= 15 is 0 Å². The number of hydrogen-bond acceptors (Lipinski definition) is 13. The molecule has 0 amide bonds. The molecule has 0 bridgehead atoms. The van der Waals surface area contributed by atoms with Crippen molar-refractivity contribution in [1.82, 2.24) is 19.5 Å². The van der Waals surface area contributed by atoms with Crippen LogP contribution in [0.3, 0.4) is 0 Å². The number of hydrogen-bond donors (Lipinski definition) is 7. The molecular formula is C13H19N6O12P3. The summed E-state index contributed by atoms with van der Waals surface area (Å²) in [5, 5.41) is 10.7. The molecule has 1 saturated heterocycles. The maximum Gasteiger partial charge on any atom is 0.490 e. The minimum atomic E-state index is -5.75. The summed E-state index contributed by atoms with van der Waals surface area (Å²) in [4.78, 5) is 48.1. The first-order valence-electron chi connectivity index (χ1n) is 8.85. The third kappa shape index (κ3) is 5.54. The van der Waals surface area contributed by atoms with Gasteiger partial charge in [0.2, 0.25) is 5.95 Å². The van der Waals surface area contributed by atoms with Crippen LogP contribution in [-0.4, -0.2) is 68.1 Å². The fourth-order valence-corrected chi connectivity index (χ4v) is 6.35. The fourth-order valence-electron chi connectivity index (χ4n) is 3.15. The first-order valence-corrected chi connectivity index (χ1v) is 13.4. The van der Waals surface area contributed by atoms with E-state index in [4.69, 9.17) is 36.9 Å². The third-order valence-corrected chi connectivity index (χ3v) is 8.44. The smallest absolute Gasteiger partial charge is 0.387 e. The van der Waals surface area contributed by atoms with Crippen LogP contribution in [0.1, 0.15) is 13.2 Å². The molecule has 2 aromatic rings. The van der Waals surface area contributed by atoms with Gasteiger partial charge in [0.1, 0.15) is 17.7 Å². The first kappa shape index (κ1) is 26.8. The van der Waals surface area contributed by atoms with Crippen LogP contribution < -0.4 is 11.5 Å². The zero-order valence-corrected chi connectivity index (χ0v) is 19.6. The average Bonchev–Trinajstić information content (AvgIpc) is 3.17. The van der Waals surface area contributed by atoms with E-state index in [9.17, 15) is 28.6 Å². The Hall–Kier alpha value is -1.80. The molecule has 18 nitrogen and oxygen atoms in total. The van der Waals surface area contributed by atoms with Gasteiger partial charge >= 0.3 is 23.5 Å². The number of aliphatic hydroxyl groups excluding tert-OH is 1. The van der Waals surface area contributed by atoms with E-state index in [2.05, 4.69) is 29.5 Å². The van der Waals surface area contributed by atoms with E-state index in [1.807, 2.05) is 0 Å². The SMILES string of the molecule is C#CC1(N)[C@@H](O)[C@@H]([C@H](C)OP(=O)(O)OP(=O)(O)OP(=O)(O)O)O[C@H]1n1cnc2cnc(N)nc21. The van der Waals surface area contributed by atoms with Gasteiger partial charge in [0.05, 0.1) is 18.6 Å².